The molecular weight excluding hydrogens is 291 g/mol. The Morgan fingerprint density at radius 3 is 2.80 bits per heavy atom. The molecule has 3 nitrogen and oxygen atoms in total. The van der Waals surface area contributed by atoms with Crippen LogP contribution in [0.15, 0.2) is 11.4 Å². The third-order valence-electron chi connectivity index (χ3n) is 2.30. The number of hydrogen-bond acceptors (Lipinski definition) is 3. The Kier molecular flexibility index (Phi) is 6.05. The largest absolute Gasteiger partial charge is 0.397 e. The second-order valence-corrected chi connectivity index (χ2v) is 5.05. The molecule has 0 aliphatic carbocycles. The lowest BCUT2D eigenvalue weighted by Crippen LogP contribution is -2.30. The van der Waals surface area contributed by atoms with E-state index in [-0.39, 0.29) is 13.2 Å². The number of halogens is 3. The lowest BCUT2D eigenvalue weighted by molar-refractivity contribution is -0.160. The van der Waals surface area contributed by atoms with Crippen molar-refractivity contribution in [3.05, 3.63) is 21.9 Å². The standard InChI is InChI=1S/C13H14F3NO2S/c1-17(12(19)7-13(14,15)16)8-10-6-11(20-9-10)4-2-3-5-18/h6,9,18H,3,5,7-8H2,1H3. The Labute approximate surface area is 119 Å². The van der Waals surface area contributed by atoms with E-state index in [0.717, 1.165) is 15.3 Å². The zero-order valence-electron chi connectivity index (χ0n) is 10.8. The fourth-order valence-corrected chi connectivity index (χ4v) is 2.17. The molecule has 0 radical (unpaired) electrons. The van der Waals surface area contributed by atoms with Gasteiger partial charge in [0.15, 0.2) is 0 Å². The first-order chi connectivity index (χ1) is 9.31. The number of alkyl halides is 3. The Bertz CT molecular complexity index is 514. The molecule has 0 fully saturated rings. The van der Waals surface area contributed by atoms with Crippen molar-refractivity contribution >= 4 is 17.2 Å². The summed E-state index contributed by atoms with van der Waals surface area (Å²) < 4.78 is 36.3. The minimum absolute atomic E-state index is 0.0140. The number of amides is 1. The normalized spacial score (nSPS) is 10.8. The highest BCUT2D eigenvalue weighted by molar-refractivity contribution is 7.10. The molecule has 0 spiro atoms. The third-order valence-corrected chi connectivity index (χ3v) is 3.19. The van der Waals surface area contributed by atoms with E-state index in [4.69, 9.17) is 5.11 Å². The molecule has 0 aromatic carbocycles. The predicted octanol–water partition coefficient (Wildman–Crippen LogP) is 2.39. The van der Waals surface area contributed by atoms with Crippen LogP contribution >= 0.6 is 11.3 Å². The molecule has 1 amide bonds. The quantitative estimate of drug-likeness (QED) is 0.868. The van der Waals surface area contributed by atoms with Gasteiger partial charge in [-0.1, -0.05) is 11.8 Å². The molecule has 0 bridgehead atoms. The van der Waals surface area contributed by atoms with Crippen molar-refractivity contribution in [2.24, 2.45) is 0 Å². The van der Waals surface area contributed by atoms with Gasteiger partial charge in [0.05, 0.1) is 11.5 Å². The molecule has 20 heavy (non-hydrogen) atoms. The van der Waals surface area contributed by atoms with Crippen molar-refractivity contribution in [1.29, 1.82) is 0 Å². The first-order valence-corrected chi connectivity index (χ1v) is 6.67. The van der Waals surface area contributed by atoms with Crippen LogP contribution in [-0.4, -0.2) is 35.7 Å². The van der Waals surface area contributed by atoms with E-state index >= 15 is 0 Å². The Balaban J connectivity index is 2.57. The van der Waals surface area contributed by atoms with Crippen LogP contribution in [0.1, 0.15) is 23.3 Å². The molecule has 0 saturated carbocycles. The van der Waals surface area contributed by atoms with Crippen molar-refractivity contribution in [3.8, 4) is 11.8 Å². The average Bonchev–Trinajstić information content (AvgIpc) is 2.75. The molecule has 0 aliphatic rings. The van der Waals surface area contributed by atoms with Crippen LogP contribution < -0.4 is 0 Å². The molecule has 0 atom stereocenters. The summed E-state index contributed by atoms with van der Waals surface area (Å²) in [6.45, 7) is 0.104. The summed E-state index contributed by atoms with van der Waals surface area (Å²) in [5, 5.41) is 10.3. The van der Waals surface area contributed by atoms with E-state index in [1.807, 2.05) is 0 Å². The summed E-state index contributed by atoms with van der Waals surface area (Å²) in [5.41, 5.74) is 0.737. The van der Waals surface area contributed by atoms with E-state index in [0.29, 0.717) is 6.42 Å². The molecule has 1 rings (SSSR count). The predicted molar refractivity (Wildman–Crippen MR) is 70.0 cm³/mol. The zero-order chi connectivity index (χ0) is 15.2. The van der Waals surface area contributed by atoms with Gasteiger partial charge in [0.25, 0.3) is 0 Å². The zero-order valence-corrected chi connectivity index (χ0v) is 11.6. The number of carbonyl (C=O) groups is 1. The summed E-state index contributed by atoms with van der Waals surface area (Å²) in [4.78, 5) is 13.1. The minimum atomic E-state index is -4.49. The number of thiophene rings is 1. The number of aliphatic hydroxyl groups is 1. The highest BCUT2D eigenvalue weighted by Gasteiger charge is 2.32. The van der Waals surface area contributed by atoms with Gasteiger partial charge in [0, 0.05) is 20.0 Å². The van der Waals surface area contributed by atoms with E-state index < -0.39 is 18.5 Å². The monoisotopic (exact) mass is 305 g/mol. The van der Waals surface area contributed by atoms with E-state index in [2.05, 4.69) is 11.8 Å². The lowest BCUT2D eigenvalue weighted by Gasteiger charge is -2.17. The van der Waals surface area contributed by atoms with E-state index in [9.17, 15) is 18.0 Å². The van der Waals surface area contributed by atoms with Crippen LogP contribution in [0.2, 0.25) is 0 Å². The van der Waals surface area contributed by atoms with Crippen molar-refractivity contribution in [2.45, 2.75) is 25.6 Å². The van der Waals surface area contributed by atoms with Gasteiger partial charge in [0.2, 0.25) is 5.91 Å². The molecule has 1 aromatic heterocycles. The first kappa shape index (κ1) is 16.5. The van der Waals surface area contributed by atoms with Gasteiger partial charge in [0.1, 0.15) is 6.42 Å². The maximum atomic E-state index is 12.1. The number of carbonyl (C=O) groups excluding carboxylic acids is 1. The number of nitrogens with zero attached hydrogens (tertiary/aromatic N) is 1. The van der Waals surface area contributed by atoms with Crippen molar-refractivity contribution < 1.29 is 23.1 Å². The molecule has 110 valence electrons. The van der Waals surface area contributed by atoms with E-state index in [1.165, 1.54) is 18.4 Å². The topological polar surface area (TPSA) is 40.5 Å². The van der Waals surface area contributed by atoms with E-state index in [1.54, 1.807) is 11.4 Å². The van der Waals surface area contributed by atoms with Crippen molar-refractivity contribution in [1.82, 2.24) is 4.90 Å². The number of aliphatic hydroxyl groups excluding tert-OH is 1. The number of rotatable bonds is 4. The summed E-state index contributed by atoms with van der Waals surface area (Å²) in [6.07, 6.45) is -5.56. The lowest BCUT2D eigenvalue weighted by atomic mass is 10.2. The first-order valence-electron chi connectivity index (χ1n) is 5.79. The molecule has 1 aromatic rings. The van der Waals surface area contributed by atoms with Crippen LogP contribution in [0.4, 0.5) is 13.2 Å². The van der Waals surface area contributed by atoms with Crippen LogP contribution in [0.25, 0.3) is 0 Å². The maximum absolute atomic E-state index is 12.1. The molecule has 0 unspecified atom stereocenters. The summed E-state index contributed by atoms with van der Waals surface area (Å²) in [6, 6.07) is 1.73. The van der Waals surface area contributed by atoms with Gasteiger partial charge < -0.3 is 10.0 Å². The highest BCUT2D eigenvalue weighted by atomic mass is 32.1. The van der Waals surface area contributed by atoms with Gasteiger partial charge in [-0.2, -0.15) is 13.2 Å². The molecule has 0 saturated heterocycles. The smallest absolute Gasteiger partial charge is 0.395 e. The Morgan fingerprint density at radius 1 is 1.50 bits per heavy atom. The van der Waals surface area contributed by atoms with Crippen molar-refractivity contribution in [3.63, 3.8) is 0 Å². The summed E-state index contributed by atoms with van der Waals surface area (Å²) in [5.74, 6) is 4.62. The van der Waals surface area contributed by atoms with Gasteiger partial charge in [-0.15, -0.1) is 11.3 Å². The minimum Gasteiger partial charge on any atom is -0.395 e. The second-order valence-electron chi connectivity index (χ2n) is 4.14. The molecule has 0 aliphatic heterocycles. The Hall–Kier alpha value is -1.52. The van der Waals surface area contributed by atoms with Gasteiger partial charge in [-0.05, 0) is 17.0 Å². The fourth-order valence-electron chi connectivity index (χ4n) is 1.40. The van der Waals surface area contributed by atoms with Crippen molar-refractivity contribution in [2.75, 3.05) is 13.7 Å². The molecule has 1 N–H and O–H groups in total. The molecule has 7 heteroatoms. The average molecular weight is 305 g/mol. The van der Waals surface area contributed by atoms with Gasteiger partial charge in [-0.25, -0.2) is 0 Å². The van der Waals surface area contributed by atoms with Gasteiger partial charge in [-0.3, -0.25) is 4.79 Å². The molecular formula is C13H14F3NO2S. The second kappa shape index (κ2) is 7.31. The van der Waals surface area contributed by atoms with Gasteiger partial charge >= 0.3 is 6.18 Å². The Morgan fingerprint density at radius 2 is 2.20 bits per heavy atom. The van der Waals surface area contributed by atoms with Crippen LogP contribution in [0.3, 0.4) is 0 Å². The SMILES string of the molecule is CN(Cc1csc(C#CCCO)c1)C(=O)CC(F)(F)F. The number of hydrogen-bond donors (Lipinski definition) is 1. The highest BCUT2D eigenvalue weighted by Crippen LogP contribution is 2.21. The fraction of sp³-hybridized carbons (Fsp3) is 0.462. The summed E-state index contributed by atoms with van der Waals surface area (Å²) in [7, 11) is 1.34. The van der Waals surface area contributed by atoms with Crippen LogP contribution in [-0.2, 0) is 11.3 Å². The van der Waals surface area contributed by atoms with Crippen LogP contribution in [0, 0.1) is 11.8 Å². The van der Waals surface area contributed by atoms with Crippen LogP contribution in [0.5, 0.6) is 0 Å². The third kappa shape index (κ3) is 6.08. The molecule has 1 heterocycles. The maximum Gasteiger partial charge on any atom is 0.397 e. The summed E-state index contributed by atoms with van der Waals surface area (Å²) >= 11 is 1.35.